The van der Waals surface area contributed by atoms with Gasteiger partial charge in [-0.3, -0.25) is 4.79 Å². The molecule has 0 saturated heterocycles. The van der Waals surface area contributed by atoms with Crippen molar-refractivity contribution in [1.82, 2.24) is 0 Å². The minimum absolute atomic E-state index is 0.287. The number of carboxylic acids is 1. The Morgan fingerprint density at radius 3 is 2.38 bits per heavy atom. The molecule has 88 valence electrons. The summed E-state index contributed by atoms with van der Waals surface area (Å²) in [5, 5.41) is 9.10. The Balaban J connectivity index is 3.28. The molecule has 0 bridgehead atoms. The number of carboxylic acid groups (broad SMARTS) is 1. The number of carbonyl (C=O) groups is 1. The second kappa shape index (κ2) is 5.05. The van der Waals surface area contributed by atoms with Crippen LogP contribution in [-0.2, 0) is 4.79 Å². The summed E-state index contributed by atoms with van der Waals surface area (Å²) in [5.74, 6) is -0.421. The topological polar surface area (TPSA) is 81.8 Å². The van der Waals surface area contributed by atoms with Crippen molar-refractivity contribution in [3.63, 3.8) is 0 Å². The van der Waals surface area contributed by atoms with Gasteiger partial charge in [-0.25, -0.2) is 0 Å². The van der Waals surface area contributed by atoms with Gasteiger partial charge < -0.3 is 20.3 Å². The maximum Gasteiger partial charge on any atom is 0.325 e. The first kappa shape index (κ1) is 12.6. The van der Waals surface area contributed by atoms with Crippen LogP contribution in [-0.4, -0.2) is 25.3 Å². The molecule has 0 spiro atoms. The number of methoxy groups -OCH3 is 2. The molecular weight excluding hydrogens is 234 g/mol. The summed E-state index contributed by atoms with van der Waals surface area (Å²) in [4.78, 5) is 10.8. The van der Waals surface area contributed by atoms with E-state index in [1.807, 2.05) is 0 Å². The average Bonchev–Trinajstić information content (AvgIpc) is 2.27. The molecular formula is C10H12ClNO4. The van der Waals surface area contributed by atoms with Gasteiger partial charge in [-0.05, 0) is 6.07 Å². The Hall–Kier alpha value is -1.46. The number of ether oxygens (including phenoxy) is 2. The largest absolute Gasteiger partial charge is 0.496 e. The van der Waals surface area contributed by atoms with E-state index in [2.05, 4.69) is 0 Å². The predicted octanol–water partition coefficient (Wildman–Crippen LogP) is 1.44. The first-order chi connectivity index (χ1) is 7.51. The van der Waals surface area contributed by atoms with Crippen LogP contribution in [0.3, 0.4) is 0 Å². The van der Waals surface area contributed by atoms with Crippen LogP contribution in [0.2, 0.25) is 5.02 Å². The Bertz CT molecular complexity index is 408. The molecule has 16 heavy (non-hydrogen) atoms. The fourth-order valence-electron chi connectivity index (χ4n) is 1.26. The average molecular weight is 246 g/mol. The molecule has 0 aliphatic rings. The Morgan fingerprint density at radius 2 is 1.94 bits per heavy atom. The summed E-state index contributed by atoms with van der Waals surface area (Å²) in [6, 6.07) is 1.75. The fourth-order valence-corrected chi connectivity index (χ4v) is 1.51. The highest BCUT2D eigenvalue weighted by molar-refractivity contribution is 6.32. The molecule has 6 heteroatoms. The van der Waals surface area contributed by atoms with Crippen LogP contribution in [0.1, 0.15) is 11.6 Å². The van der Waals surface area contributed by atoms with Crippen LogP contribution < -0.4 is 15.2 Å². The van der Waals surface area contributed by atoms with Crippen LogP contribution in [0, 0.1) is 0 Å². The van der Waals surface area contributed by atoms with Crippen LogP contribution in [0.4, 0.5) is 0 Å². The molecule has 3 N–H and O–H groups in total. The van der Waals surface area contributed by atoms with Gasteiger partial charge in [0, 0.05) is 11.6 Å². The van der Waals surface area contributed by atoms with E-state index in [1.54, 1.807) is 0 Å². The first-order valence-corrected chi connectivity index (χ1v) is 4.78. The molecule has 1 rings (SSSR count). The molecule has 0 amide bonds. The van der Waals surface area contributed by atoms with Crippen molar-refractivity contribution in [1.29, 1.82) is 0 Å². The van der Waals surface area contributed by atoms with E-state index in [1.165, 1.54) is 26.4 Å². The Kier molecular flexibility index (Phi) is 3.98. The number of benzene rings is 1. The van der Waals surface area contributed by atoms with E-state index >= 15 is 0 Å². The summed E-state index contributed by atoms with van der Waals surface area (Å²) in [6.07, 6.45) is 0. The summed E-state index contributed by atoms with van der Waals surface area (Å²) >= 11 is 5.88. The summed E-state index contributed by atoms with van der Waals surface area (Å²) < 4.78 is 10.0. The van der Waals surface area contributed by atoms with Crippen molar-refractivity contribution in [3.05, 3.63) is 22.7 Å². The predicted molar refractivity (Wildman–Crippen MR) is 59.1 cm³/mol. The number of rotatable bonds is 4. The van der Waals surface area contributed by atoms with Gasteiger partial charge in [-0.2, -0.15) is 0 Å². The standard InChI is InChI=1S/C10H12ClNO4/c1-15-7-4-8(16-2)6(11)3-5(7)9(12)10(13)14/h3-4,9H,12H2,1-2H3,(H,13,14). The zero-order valence-corrected chi connectivity index (χ0v) is 9.62. The van der Waals surface area contributed by atoms with Crippen LogP contribution in [0.25, 0.3) is 0 Å². The number of hydrogen-bond acceptors (Lipinski definition) is 4. The maximum absolute atomic E-state index is 10.8. The highest BCUT2D eigenvalue weighted by Crippen LogP contribution is 2.34. The molecule has 1 atom stereocenters. The molecule has 1 aromatic carbocycles. The molecule has 0 aliphatic heterocycles. The second-order valence-corrected chi connectivity index (χ2v) is 3.45. The molecule has 0 heterocycles. The normalized spacial score (nSPS) is 12.0. The van der Waals surface area contributed by atoms with E-state index in [-0.39, 0.29) is 5.02 Å². The lowest BCUT2D eigenvalue weighted by atomic mass is 10.1. The number of hydrogen-bond donors (Lipinski definition) is 2. The van der Waals surface area contributed by atoms with Crippen LogP contribution >= 0.6 is 11.6 Å². The van der Waals surface area contributed by atoms with Gasteiger partial charge in [-0.15, -0.1) is 0 Å². The third-order valence-corrected chi connectivity index (χ3v) is 2.40. The first-order valence-electron chi connectivity index (χ1n) is 4.41. The van der Waals surface area contributed by atoms with Gasteiger partial charge in [0.05, 0.1) is 19.2 Å². The van der Waals surface area contributed by atoms with Crippen molar-refractivity contribution in [2.24, 2.45) is 5.73 Å². The van der Waals surface area contributed by atoms with Gasteiger partial charge in [0.25, 0.3) is 0 Å². The third-order valence-electron chi connectivity index (χ3n) is 2.11. The van der Waals surface area contributed by atoms with Crippen LogP contribution in [0.15, 0.2) is 12.1 Å². The Morgan fingerprint density at radius 1 is 1.38 bits per heavy atom. The van der Waals surface area contributed by atoms with Crippen molar-refractivity contribution < 1.29 is 19.4 Å². The number of halogens is 1. The second-order valence-electron chi connectivity index (χ2n) is 3.04. The lowest BCUT2D eigenvalue weighted by Gasteiger charge is -2.14. The molecule has 1 aromatic rings. The van der Waals surface area contributed by atoms with Gasteiger partial charge in [0.15, 0.2) is 0 Å². The van der Waals surface area contributed by atoms with Crippen molar-refractivity contribution >= 4 is 17.6 Å². The number of aliphatic carboxylic acids is 1. The monoisotopic (exact) mass is 245 g/mol. The quantitative estimate of drug-likeness (QED) is 0.839. The Labute approximate surface area is 97.7 Å². The lowest BCUT2D eigenvalue weighted by Crippen LogP contribution is -2.21. The molecule has 0 radical (unpaired) electrons. The lowest BCUT2D eigenvalue weighted by molar-refractivity contribution is -0.138. The fraction of sp³-hybridized carbons (Fsp3) is 0.300. The molecule has 5 nitrogen and oxygen atoms in total. The number of nitrogens with two attached hydrogens (primary N) is 1. The minimum atomic E-state index is -1.18. The van der Waals surface area contributed by atoms with Gasteiger partial charge in [0.2, 0.25) is 0 Å². The molecule has 0 aliphatic carbocycles. The van der Waals surface area contributed by atoms with E-state index in [4.69, 9.17) is 31.9 Å². The van der Waals surface area contributed by atoms with Crippen molar-refractivity contribution in [2.75, 3.05) is 14.2 Å². The maximum atomic E-state index is 10.8. The van der Waals surface area contributed by atoms with Gasteiger partial charge in [-0.1, -0.05) is 11.6 Å². The van der Waals surface area contributed by atoms with E-state index in [9.17, 15) is 4.79 Å². The highest BCUT2D eigenvalue weighted by atomic mass is 35.5. The smallest absolute Gasteiger partial charge is 0.325 e. The van der Waals surface area contributed by atoms with Gasteiger partial charge in [0.1, 0.15) is 17.5 Å². The summed E-state index contributed by atoms with van der Waals surface area (Å²) in [5.41, 5.74) is 5.80. The van der Waals surface area contributed by atoms with Crippen molar-refractivity contribution in [3.8, 4) is 11.5 Å². The van der Waals surface area contributed by atoms with E-state index < -0.39 is 12.0 Å². The van der Waals surface area contributed by atoms with Crippen molar-refractivity contribution in [2.45, 2.75) is 6.04 Å². The minimum Gasteiger partial charge on any atom is -0.496 e. The highest BCUT2D eigenvalue weighted by Gasteiger charge is 2.21. The van der Waals surface area contributed by atoms with E-state index in [0.717, 1.165) is 0 Å². The third kappa shape index (κ3) is 2.37. The molecule has 0 saturated carbocycles. The zero-order chi connectivity index (χ0) is 12.3. The molecule has 0 fully saturated rings. The van der Waals surface area contributed by atoms with E-state index in [0.29, 0.717) is 17.1 Å². The van der Waals surface area contributed by atoms with Crippen LogP contribution in [0.5, 0.6) is 11.5 Å². The van der Waals surface area contributed by atoms with Gasteiger partial charge >= 0.3 is 5.97 Å². The molecule has 0 aromatic heterocycles. The summed E-state index contributed by atoms with van der Waals surface area (Å²) in [7, 11) is 2.87. The SMILES string of the molecule is COc1cc(OC)c(C(N)C(=O)O)cc1Cl. The summed E-state index contributed by atoms with van der Waals surface area (Å²) in [6.45, 7) is 0. The molecule has 1 unspecified atom stereocenters. The zero-order valence-electron chi connectivity index (χ0n) is 8.86.